The standard InChI is InChI=1S/C14H18N2O4S2/c1-20-11(18)7-21-14-9(6-15)12(19)16-13(22-14)8-4-2-3-5-10(8)17/h8,10,13,17H,2-5,7H2,1H3,(H,16,19). The smallest absolute Gasteiger partial charge is 0.316 e. The lowest BCUT2D eigenvalue weighted by Crippen LogP contribution is -2.46. The van der Waals surface area contributed by atoms with Crippen LogP contribution < -0.4 is 5.32 Å². The Labute approximate surface area is 137 Å². The Morgan fingerprint density at radius 3 is 2.91 bits per heavy atom. The van der Waals surface area contributed by atoms with E-state index in [0.29, 0.717) is 4.24 Å². The van der Waals surface area contributed by atoms with Gasteiger partial charge < -0.3 is 15.2 Å². The monoisotopic (exact) mass is 342 g/mol. The molecule has 1 amide bonds. The fraction of sp³-hybridized carbons (Fsp3) is 0.643. The van der Waals surface area contributed by atoms with Crippen LogP contribution in [-0.2, 0) is 14.3 Å². The summed E-state index contributed by atoms with van der Waals surface area (Å²) in [5, 5.41) is 21.8. The Kier molecular flexibility index (Phi) is 6.17. The van der Waals surface area contributed by atoms with E-state index < -0.39 is 18.0 Å². The van der Waals surface area contributed by atoms with Gasteiger partial charge in [0.25, 0.3) is 5.91 Å². The van der Waals surface area contributed by atoms with E-state index in [1.54, 1.807) is 0 Å². The summed E-state index contributed by atoms with van der Waals surface area (Å²) in [7, 11) is 1.30. The number of esters is 1. The Morgan fingerprint density at radius 2 is 2.27 bits per heavy atom. The highest BCUT2D eigenvalue weighted by atomic mass is 32.2. The maximum atomic E-state index is 12.1. The fourth-order valence-electron chi connectivity index (χ4n) is 2.57. The number of hydrogen-bond donors (Lipinski definition) is 2. The number of rotatable bonds is 4. The number of hydrogen-bond acceptors (Lipinski definition) is 7. The first-order chi connectivity index (χ1) is 10.6. The van der Waals surface area contributed by atoms with Crippen LogP contribution in [0.2, 0.25) is 0 Å². The van der Waals surface area contributed by atoms with Gasteiger partial charge in [-0.1, -0.05) is 24.6 Å². The van der Waals surface area contributed by atoms with Crippen molar-refractivity contribution in [2.24, 2.45) is 5.92 Å². The van der Waals surface area contributed by atoms with Crippen molar-refractivity contribution in [3.63, 3.8) is 0 Å². The lowest BCUT2D eigenvalue weighted by Gasteiger charge is -2.36. The summed E-state index contributed by atoms with van der Waals surface area (Å²) in [6, 6.07) is 1.89. The summed E-state index contributed by atoms with van der Waals surface area (Å²) in [6.45, 7) is 0. The molecule has 0 saturated heterocycles. The molecule has 6 nitrogen and oxygen atoms in total. The van der Waals surface area contributed by atoms with Crippen LogP contribution in [0.1, 0.15) is 25.7 Å². The molecule has 2 rings (SSSR count). The molecule has 0 bridgehead atoms. The Balaban J connectivity index is 2.12. The van der Waals surface area contributed by atoms with E-state index in [9.17, 15) is 14.7 Å². The van der Waals surface area contributed by atoms with E-state index in [1.807, 2.05) is 6.07 Å². The van der Waals surface area contributed by atoms with Crippen molar-refractivity contribution in [2.75, 3.05) is 12.9 Å². The van der Waals surface area contributed by atoms with Gasteiger partial charge in [-0.25, -0.2) is 0 Å². The highest BCUT2D eigenvalue weighted by molar-refractivity contribution is 8.22. The summed E-state index contributed by atoms with van der Waals surface area (Å²) < 4.78 is 5.11. The highest BCUT2D eigenvalue weighted by Crippen LogP contribution is 2.42. The third-order valence-electron chi connectivity index (χ3n) is 3.77. The van der Waals surface area contributed by atoms with Gasteiger partial charge in [0, 0.05) is 5.92 Å². The fourth-order valence-corrected chi connectivity index (χ4v) is 5.13. The predicted octanol–water partition coefficient (Wildman–Crippen LogP) is 1.37. The summed E-state index contributed by atoms with van der Waals surface area (Å²) in [5.74, 6) is -0.819. The van der Waals surface area contributed by atoms with Crippen molar-refractivity contribution in [3.8, 4) is 6.07 Å². The molecule has 0 aromatic rings. The van der Waals surface area contributed by atoms with E-state index in [1.165, 1.54) is 18.9 Å². The number of thioether (sulfide) groups is 2. The third kappa shape index (κ3) is 3.97. The van der Waals surface area contributed by atoms with Crippen LogP contribution in [-0.4, -0.2) is 41.3 Å². The van der Waals surface area contributed by atoms with E-state index in [2.05, 4.69) is 10.1 Å². The molecule has 22 heavy (non-hydrogen) atoms. The number of aliphatic hydroxyl groups excluding tert-OH is 1. The maximum absolute atomic E-state index is 12.1. The van der Waals surface area contributed by atoms with Crippen molar-refractivity contribution in [1.29, 1.82) is 5.26 Å². The number of nitrogens with zero attached hydrogens (tertiary/aromatic N) is 1. The molecule has 1 aliphatic heterocycles. The minimum Gasteiger partial charge on any atom is -0.468 e. The molecule has 1 aliphatic carbocycles. The molecule has 2 aliphatic rings. The van der Waals surface area contributed by atoms with Crippen LogP contribution in [0.15, 0.2) is 9.81 Å². The van der Waals surface area contributed by atoms with Crippen LogP contribution in [0, 0.1) is 17.2 Å². The first kappa shape index (κ1) is 17.2. The third-order valence-corrected chi connectivity index (χ3v) is 6.40. The SMILES string of the molecule is COC(=O)CSC1=C(C#N)C(=O)NC(C2CCCCC2O)S1. The molecule has 2 N–H and O–H groups in total. The van der Waals surface area contributed by atoms with E-state index in [-0.39, 0.29) is 22.6 Å². The van der Waals surface area contributed by atoms with Gasteiger partial charge in [0.1, 0.15) is 11.6 Å². The molecule has 3 atom stereocenters. The topological polar surface area (TPSA) is 99.4 Å². The molecule has 120 valence electrons. The van der Waals surface area contributed by atoms with Gasteiger partial charge in [-0.15, -0.1) is 11.8 Å². The number of nitriles is 1. The number of carbonyl (C=O) groups excluding carboxylic acids is 2. The second kappa shape index (κ2) is 7.90. The Hall–Kier alpha value is -1.17. The normalized spacial score (nSPS) is 28.8. The minimum atomic E-state index is -0.443. The zero-order valence-corrected chi connectivity index (χ0v) is 13.8. The highest BCUT2D eigenvalue weighted by Gasteiger charge is 2.37. The lowest BCUT2D eigenvalue weighted by molar-refractivity contribution is -0.137. The molecule has 0 radical (unpaired) electrons. The summed E-state index contributed by atoms with van der Waals surface area (Å²) in [6.07, 6.45) is 3.15. The first-order valence-corrected chi connectivity index (χ1v) is 8.93. The summed E-state index contributed by atoms with van der Waals surface area (Å²) in [5.41, 5.74) is 0.0282. The number of nitrogens with one attached hydrogen (secondary N) is 1. The van der Waals surface area contributed by atoms with Crippen molar-refractivity contribution >= 4 is 35.4 Å². The zero-order chi connectivity index (χ0) is 16.1. The van der Waals surface area contributed by atoms with Gasteiger partial charge in [-0.05, 0) is 12.8 Å². The van der Waals surface area contributed by atoms with Gasteiger partial charge in [0.2, 0.25) is 0 Å². The number of carbonyl (C=O) groups is 2. The van der Waals surface area contributed by atoms with E-state index >= 15 is 0 Å². The van der Waals surface area contributed by atoms with E-state index in [4.69, 9.17) is 5.26 Å². The van der Waals surface area contributed by atoms with E-state index in [0.717, 1.165) is 37.4 Å². The van der Waals surface area contributed by atoms with Gasteiger partial charge in [0.15, 0.2) is 0 Å². The Bertz CT molecular complexity index is 529. The van der Waals surface area contributed by atoms with Crippen molar-refractivity contribution in [3.05, 3.63) is 9.81 Å². The first-order valence-electron chi connectivity index (χ1n) is 7.06. The largest absolute Gasteiger partial charge is 0.468 e. The second-order valence-corrected chi connectivity index (χ2v) is 7.56. The van der Waals surface area contributed by atoms with Crippen LogP contribution in [0.5, 0.6) is 0 Å². The molecule has 1 saturated carbocycles. The molecular formula is C14H18N2O4S2. The van der Waals surface area contributed by atoms with Gasteiger partial charge >= 0.3 is 5.97 Å². The average Bonchev–Trinajstić information content (AvgIpc) is 2.52. The van der Waals surface area contributed by atoms with Crippen LogP contribution in [0.4, 0.5) is 0 Å². The summed E-state index contributed by atoms with van der Waals surface area (Å²) >= 11 is 2.49. The Morgan fingerprint density at radius 1 is 1.55 bits per heavy atom. The minimum absolute atomic E-state index is 0.0282. The van der Waals surface area contributed by atoms with Gasteiger partial charge in [-0.3, -0.25) is 9.59 Å². The molecule has 0 aromatic heterocycles. The predicted molar refractivity (Wildman–Crippen MR) is 84.6 cm³/mol. The zero-order valence-electron chi connectivity index (χ0n) is 12.2. The maximum Gasteiger partial charge on any atom is 0.316 e. The second-order valence-electron chi connectivity index (χ2n) is 5.17. The molecule has 1 fully saturated rings. The number of aliphatic hydroxyl groups is 1. The van der Waals surface area contributed by atoms with Crippen molar-refractivity contribution in [2.45, 2.75) is 37.2 Å². The molecule has 8 heteroatoms. The summed E-state index contributed by atoms with van der Waals surface area (Å²) in [4.78, 5) is 23.4. The van der Waals surface area contributed by atoms with Crippen LogP contribution >= 0.6 is 23.5 Å². The number of amides is 1. The molecule has 1 heterocycles. The van der Waals surface area contributed by atoms with Crippen molar-refractivity contribution in [1.82, 2.24) is 5.32 Å². The molecule has 0 spiro atoms. The van der Waals surface area contributed by atoms with Gasteiger partial charge in [0.05, 0.1) is 28.6 Å². The van der Waals surface area contributed by atoms with Crippen LogP contribution in [0.3, 0.4) is 0 Å². The quantitative estimate of drug-likeness (QED) is 0.744. The average molecular weight is 342 g/mol. The van der Waals surface area contributed by atoms with Gasteiger partial charge in [-0.2, -0.15) is 5.26 Å². The number of methoxy groups -OCH3 is 1. The molecular weight excluding hydrogens is 324 g/mol. The number of ether oxygens (including phenoxy) is 1. The lowest BCUT2D eigenvalue weighted by atomic mass is 9.86. The van der Waals surface area contributed by atoms with Crippen molar-refractivity contribution < 1.29 is 19.4 Å². The van der Waals surface area contributed by atoms with Crippen LogP contribution in [0.25, 0.3) is 0 Å². The molecule has 3 unspecified atom stereocenters. The molecule has 0 aromatic carbocycles.